The number of hydrogen-bond acceptors (Lipinski definition) is 5. The molecule has 0 saturated carbocycles. The number of nitrogens with one attached hydrogen (secondary N) is 2. The Balaban J connectivity index is 1.02. The van der Waals surface area contributed by atoms with Crippen LogP contribution in [0.25, 0.3) is 0 Å². The van der Waals surface area contributed by atoms with E-state index in [0.717, 1.165) is 43.7 Å². The molecule has 0 bridgehead atoms. The molecular formula is C32H32N4O4. The fourth-order valence-electron chi connectivity index (χ4n) is 6.02. The minimum atomic E-state index is -0.586. The maximum absolute atomic E-state index is 13.0. The van der Waals surface area contributed by atoms with Gasteiger partial charge in [-0.15, -0.1) is 0 Å². The molecule has 2 saturated heterocycles. The highest BCUT2D eigenvalue weighted by Crippen LogP contribution is 2.34. The van der Waals surface area contributed by atoms with Crippen LogP contribution in [-0.4, -0.2) is 52.6 Å². The molecule has 4 amide bonds. The maximum Gasteiger partial charge on any atom is 0.255 e. The first kappa shape index (κ1) is 26.0. The van der Waals surface area contributed by atoms with E-state index in [1.54, 1.807) is 4.90 Å². The van der Waals surface area contributed by atoms with E-state index in [0.29, 0.717) is 30.0 Å². The van der Waals surface area contributed by atoms with Crippen molar-refractivity contribution in [3.8, 4) is 0 Å². The first-order valence-corrected chi connectivity index (χ1v) is 13.9. The number of rotatable bonds is 6. The average molecular weight is 537 g/mol. The summed E-state index contributed by atoms with van der Waals surface area (Å²) in [6, 6.07) is 22.8. The lowest BCUT2D eigenvalue weighted by Crippen LogP contribution is -2.52. The molecule has 8 heteroatoms. The Kier molecular flexibility index (Phi) is 7.17. The number of para-hydroxylation sites is 1. The van der Waals surface area contributed by atoms with Gasteiger partial charge in [-0.3, -0.25) is 29.4 Å². The summed E-state index contributed by atoms with van der Waals surface area (Å²) in [5.41, 5.74) is 5.46. The van der Waals surface area contributed by atoms with Gasteiger partial charge in [0.1, 0.15) is 6.04 Å². The molecule has 3 heterocycles. The topological polar surface area (TPSA) is 98.8 Å². The predicted octanol–water partition coefficient (Wildman–Crippen LogP) is 4.08. The zero-order valence-electron chi connectivity index (χ0n) is 22.3. The monoisotopic (exact) mass is 536 g/mol. The van der Waals surface area contributed by atoms with E-state index < -0.39 is 6.04 Å². The van der Waals surface area contributed by atoms with Gasteiger partial charge < -0.3 is 10.2 Å². The predicted molar refractivity (Wildman–Crippen MR) is 151 cm³/mol. The zero-order chi connectivity index (χ0) is 27.6. The van der Waals surface area contributed by atoms with Gasteiger partial charge in [0.15, 0.2) is 0 Å². The highest BCUT2D eigenvalue weighted by atomic mass is 16.2. The van der Waals surface area contributed by atoms with E-state index in [9.17, 15) is 19.2 Å². The lowest BCUT2D eigenvalue weighted by molar-refractivity contribution is -0.136. The Bertz CT molecular complexity index is 1450. The first-order chi connectivity index (χ1) is 19.4. The molecule has 3 aromatic carbocycles. The minimum Gasteiger partial charge on any atom is -0.322 e. The van der Waals surface area contributed by atoms with Crippen LogP contribution in [0.1, 0.15) is 69.0 Å². The lowest BCUT2D eigenvalue weighted by atomic mass is 9.87. The van der Waals surface area contributed by atoms with Gasteiger partial charge in [0.25, 0.3) is 11.8 Å². The van der Waals surface area contributed by atoms with Crippen molar-refractivity contribution >= 4 is 29.3 Å². The van der Waals surface area contributed by atoms with Crippen LogP contribution in [0.5, 0.6) is 0 Å². The summed E-state index contributed by atoms with van der Waals surface area (Å²) in [7, 11) is 0. The SMILES string of the molecule is O=C1CCC(N2Cc3cc(C4CCN(Cc5ccc(C(=O)Nc6ccccc6)cc5)CC4)ccc3C2=O)C(=O)N1. The third-order valence-electron chi connectivity index (χ3n) is 8.26. The quantitative estimate of drug-likeness (QED) is 0.463. The number of fused-ring (bicyclic) bond motifs is 1. The highest BCUT2D eigenvalue weighted by molar-refractivity contribution is 6.05. The van der Waals surface area contributed by atoms with E-state index in [1.165, 1.54) is 11.1 Å². The van der Waals surface area contributed by atoms with Crippen LogP contribution in [0.2, 0.25) is 0 Å². The Morgan fingerprint density at radius 2 is 1.65 bits per heavy atom. The molecule has 2 N–H and O–H groups in total. The summed E-state index contributed by atoms with van der Waals surface area (Å²) in [6.45, 7) is 3.19. The number of carbonyl (C=O) groups is 4. The maximum atomic E-state index is 13.0. The van der Waals surface area contributed by atoms with Gasteiger partial charge in [0.05, 0.1) is 0 Å². The Morgan fingerprint density at radius 3 is 2.38 bits per heavy atom. The third kappa shape index (κ3) is 5.40. The number of likely N-dealkylation sites (tertiary alicyclic amines) is 1. The molecular weight excluding hydrogens is 504 g/mol. The van der Waals surface area contributed by atoms with Crippen LogP contribution in [0, 0.1) is 0 Å². The third-order valence-corrected chi connectivity index (χ3v) is 8.26. The van der Waals surface area contributed by atoms with Crippen molar-refractivity contribution in [1.82, 2.24) is 15.1 Å². The number of benzene rings is 3. The van der Waals surface area contributed by atoms with Crippen molar-refractivity contribution < 1.29 is 19.2 Å². The Hall–Kier alpha value is -4.30. The molecule has 8 nitrogen and oxygen atoms in total. The van der Waals surface area contributed by atoms with Crippen molar-refractivity contribution in [2.24, 2.45) is 0 Å². The zero-order valence-corrected chi connectivity index (χ0v) is 22.3. The van der Waals surface area contributed by atoms with Gasteiger partial charge in [0, 0.05) is 36.3 Å². The second kappa shape index (κ2) is 11.1. The van der Waals surface area contributed by atoms with Crippen molar-refractivity contribution in [3.05, 3.63) is 101 Å². The standard InChI is InChI=1S/C32H32N4O4/c37-29-13-12-28(31(39)34-29)36-20-25-18-24(10-11-27(25)32(36)40)22-14-16-35(17-15-22)19-21-6-8-23(9-7-21)30(38)33-26-4-2-1-3-5-26/h1-11,18,22,28H,12-17,19-20H2,(H,33,38)(H,34,37,39). The summed E-state index contributed by atoms with van der Waals surface area (Å²) >= 11 is 0. The smallest absolute Gasteiger partial charge is 0.255 e. The molecule has 6 rings (SSSR count). The summed E-state index contributed by atoms with van der Waals surface area (Å²) in [5, 5.41) is 5.28. The molecule has 0 spiro atoms. The molecule has 2 fully saturated rings. The average Bonchev–Trinajstić information content (AvgIpc) is 3.29. The van der Waals surface area contributed by atoms with Crippen molar-refractivity contribution in [2.45, 2.75) is 50.7 Å². The van der Waals surface area contributed by atoms with E-state index in [1.807, 2.05) is 60.7 Å². The van der Waals surface area contributed by atoms with Gasteiger partial charge in [0.2, 0.25) is 11.8 Å². The first-order valence-electron chi connectivity index (χ1n) is 13.9. The number of hydrogen-bond donors (Lipinski definition) is 2. The molecule has 3 aromatic rings. The van der Waals surface area contributed by atoms with Gasteiger partial charge in [-0.25, -0.2) is 0 Å². The van der Waals surface area contributed by atoms with Gasteiger partial charge >= 0.3 is 0 Å². The van der Waals surface area contributed by atoms with Crippen molar-refractivity contribution in [1.29, 1.82) is 0 Å². The van der Waals surface area contributed by atoms with Gasteiger partial charge in [-0.05, 0) is 85.3 Å². The molecule has 0 radical (unpaired) electrons. The van der Waals surface area contributed by atoms with Crippen LogP contribution < -0.4 is 10.6 Å². The van der Waals surface area contributed by atoms with Crippen LogP contribution in [0.4, 0.5) is 5.69 Å². The minimum absolute atomic E-state index is 0.116. The Morgan fingerprint density at radius 1 is 0.900 bits per heavy atom. The number of carbonyl (C=O) groups excluding carboxylic acids is 4. The van der Waals surface area contributed by atoms with E-state index in [4.69, 9.17) is 0 Å². The molecule has 1 unspecified atom stereocenters. The molecule has 204 valence electrons. The molecule has 3 aliphatic rings. The molecule has 0 aliphatic carbocycles. The van der Waals surface area contributed by atoms with E-state index in [-0.39, 0.29) is 30.0 Å². The summed E-state index contributed by atoms with van der Waals surface area (Å²) < 4.78 is 0. The summed E-state index contributed by atoms with van der Waals surface area (Å²) in [6.07, 6.45) is 2.69. The molecule has 1 atom stereocenters. The van der Waals surface area contributed by atoms with Crippen LogP contribution >= 0.6 is 0 Å². The van der Waals surface area contributed by atoms with Crippen LogP contribution in [-0.2, 0) is 22.7 Å². The fourth-order valence-corrected chi connectivity index (χ4v) is 6.02. The molecule has 3 aliphatic heterocycles. The van der Waals surface area contributed by atoms with Gasteiger partial charge in [-0.2, -0.15) is 0 Å². The van der Waals surface area contributed by atoms with E-state index in [2.05, 4.69) is 27.7 Å². The normalized spacial score (nSPS) is 19.9. The largest absolute Gasteiger partial charge is 0.322 e. The van der Waals surface area contributed by atoms with Gasteiger partial charge in [-0.1, -0.05) is 42.5 Å². The second-order valence-corrected chi connectivity index (χ2v) is 10.9. The van der Waals surface area contributed by atoms with Crippen molar-refractivity contribution in [2.75, 3.05) is 18.4 Å². The summed E-state index contributed by atoms with van der Waals surface area (Å²) in [4.78, 5) is 53.4. The Labute approximate surface area is 233 Å². The van der Waals surface area contributed by atoms with Crippen LogP contribution in [0.15, 0.2) is 72.8 Å². The number of amides is 4. The van der Waals surface area contributed by atoms with E-state index >= 15 is 0 Å². The lowest BCUT2D eigenvalue weighted by Gasteiger charge is -2.32. The highest BCUT2D eigenvalue weighted by Gasteiger charge is 2.39. The molecule has 40 heavy (non-hydrogen) atoms. The summed E-state index contributed by atoms with van der Waals surface area (Å²) in [5.74, 6) is -0.480. The number of anilines is 1. The van der Waals surface area contributed by atoms with Crippen LogP contribution in [0.3, 0.4) is 0 Å². The second-order valence-electron chi connectivity index (χ2n) is 10.9. The van der Waals surface area contributed by atoms with Crippen molar-refractivity contribution in [3.63, 3.8) is 0 Å². The fraction of sp³-hybridized carbons (Fsp3) is 0.312. The number of nitrogens with zero attached hydrogens (tertiary/aromatic N) is 2. The molecule has 0 aromatic heterocycles. The number of imide groups is 1. The number of piperidine rings is 2.